The van der Waals surface area contributed by atoms with E-state index in [4.69, 9.17) is 10.00 Å². The number of rotatable bonds is 2. The Kier molecular flexibility index (Phi) is 5.27. The van der Waals surface area contributed by atoms with Gasteiger partial charge in [-0.05, 0) is 57.7 Å². The first kappa shape index (κ1) is 20.7. The fraction of sp³-hybridized carbons (Fsp3) is 0.391. The fourth-order valence-electron chi connectivity index (χ4n) is 3.94. The molecule has 3 heterocycles. The Bertz CT molecular complexity index is 1210. The van der Waals surface area contributed by atoms with Gasteiger partial charge in [-0.3, -0.25) is 9.69 Å². The summed E-state index contributed by atoms with van der Waals surface area (Å²) in [7, 11) is 0. The third-order valence-electron chi connectivity index (χ3n) is 5.34. The van der Waals surface area contributed by atoms with Crippen LogP contribution in [0.15, 0.2) is 41.5 Å². The number of ether oxygens (including phenoxy) is 1. The average molecular weight is 419 g/mol. The Hall–Kier alpha value is -3.60. The highest BCUT2D eigenvalue weighted by molar-refractivity contribution is 5.79. The number of amides is 1. The second-order valence-corrected chi connectivity index (χ2v) is 8.76. The summed E-state index contributed by atoms with van der Waals surface area (Å²) >= 11 is 0. The van der Waals surface area contributed by atoms with E-state index >= 15 is 0 Å². The molecule has 0 spiro atoms. The summed E-state index contributed by atoms with van der Waals surface area (Å²) < 4.78 is 7.14. The van der Waals surface area contributed by atoms with Gasteiger partial charge in [0.05, 0.1) is 35.8 Å². The minimum Gasteiger partial charge on any atom is -0.444 e. The van der Waals surface area contributed by atoms with Gasteiger partial charge in [0, 0.05) is 12.1 Å². The number of piperidine rings is 1. The molecule has 1 aliphatic heterocycles. The van der Waals surface area contributed by atoms with Gasteiger partial charge in [-0.2, -0.15) is 10.4 Å². The lowest BCUT2D eigenvalue weighted by Gasteiger charge is -2.36. The van der Waals surface area contributed by atoms with Crippen molar-refractivity contribution in [2.45, 2.75) is 51.7 Å². The molecule has 1 atom stereocenters. The minimum absolute atomic E-state index is 0.274. The zero-order valence-electron chi connectivity index (χ0n) is 17.9. The van der Waals surface area contributed by atoms with E-state index in [1.807, 2.05) is 20.8 Å². The number of likely N-dealkylation sites (tertiary alicyclic amines) is 1. The summed E-state index contributed by atoms with van der Waals surface area (Å²) in [6.07, 6.45) is 5.63. The van der Waals surface area contributed by atoms with Crippen LogP contribution in [0.2, 0.25) is 0 Å². The third kappa shape index (κ3) is 4.17. The number of nitrogens with zero attached hydrogens (tertiary/aromatic N) is 4. The molecule has 1 saturated heterocycles. The highest BCUT2D eigenvalue weighted by Crippen LogP contribution is 2.31. The van der Waals surface area contributed by atoms with Gasteiger partial charge >= 0.3 is 6.09 Å². The molecule has 1 aliphatic rings. The smallest absolute Gasteiger partial charge is 0.410 e. The number of carbonyl (C=O) groups excluding carboxylic acids is 1. The maximum Gasteiger partial charge on any atom is 0.410 e. The number of benzene rings is 1. The van der Waals surface area contributed by atoms with Crippen LogP contribution >= 0.6 is 0 Å². The normalized spacial score (nSPS) is 16.8. The molecule has 4 rings (SSSR count). The largest absolute Gasteiger partial charge is 0.444 e. The molecular weight excluding hydrogens is 394 g/mol. The van der Waals surface area contributed by atoms with Gasteiger partial charge in [0.2, 0.25) is 0 Å². The lowest BCUT2D eigenvalue weighted by Crippen LogP contribution is -2.42. The summed E-state index contributed by atoms with van der Waals surface area (Å²) in [6, 6.07) is 8.83. The molecule has 2 aromatic heterocycles. The molecule has 0 aliphatic carbocycles. The standard InChI is InChI=1S/C23H25N5O3/c1-23(2,3)31-22(30)27-11-5-4-6-19(27)18-14-28-20(21(29)26-18)17(13-25-28)16-9-7-15(12-24)8-10-16/h7-10,13-14,19H,4-6,11H2,1-3H3,(H,26,29). The summed E-state index contributed by atoms with van der Waals surface area (Å²) in [5.41, 5.74) is 2.24. The molecule has 0 saturated carbocycles. The number of hydrogen-bond donors (Lipinski definition) is 1. The minimum atomic E-state index is -0.589. The van der Waals surface area contributed by atoms with E-state index < -0.39 is 5.60 Å². The molecule has 0 bridgehead atoms. The van der Waals surface area contributed by atoms with Crippen molar-refractivity contribution in [3.05, 3.63) is 58.3 Å². The van der Waals surface area contributed by atoms with E-state index in [0.29, 0.717) is 28.9 Å². The molecule has 3 aromatic rings. The SMILES string of the molecule is CC(C)(C)OC(=O)N1CCCCC1c1cn2ncc(-c3ccc(C#N)cc3)c2c(=O)[nH]1. The number of aromatic nitrogens is 3. The number of fused-ring (bicyclic) bond motifs is 1. The van der Waals surface area contributed by atoms with Crippen LogP contribution in [0, 0.1) is 11.3 Å². The van der Waals surface area contributed by atoms with Gasteiger partial charge < -0.3 is 9.72 Å². The van der Waals surface area contributed by atoms with Crippen LogP contribution < -0.4 is 5.56 Å². The zero-order valence-corrected chi connectivity index (χ0v) is 17.9. The number of hydrogen-bond acceptors (Lipinski definition) is 5. The summed E-state index contributed by atoms with van der Waals surface area (Å²) in [4.78, 5) is 30.4. The molecule has 160 valence electrons. The van der Waals surface area contributed by atoms with Crippen LogP contribution in [-0.2, 0) is 4.74 Å². The van der Waals surface area contributed by atoms with Crippen molar-refractivity contribution < 1.29 is 9.53 Å². The Morgan fingerprint density at radius 3 is 2.68 bits per heavy atom. The Balaban J connectivity index is 1.71. The molecule has 0 radical (unpaired) electrons. The van der Waals surface area contributed by atoms with Crippen molar-refractivity contribution in [3.63, 3.8) is 0 Å². The number of nitriles is 1. The second kappa shape index (κ2) is 7.91. The fourth-order valence-corrected chi connectivity index (χ4v) is 3.94. The van der Waals surface area contributed by atoms with Crippen LogP contribution in [0.4, 0.5) is 4.79 Å². The van der Waals surface area contributed by atoms with Crippen molar-refractivity contribution in [3.8, 4) is 17.2 Å². The van der Waals surface area contributed by atoms with Crippen LogP contribution in [0.5, 0.6) is 0 Å². The quantitative estimate of drug-likeness (QED) is 0.676. The van der Waals surface area contributed by atoms with E-state index in [2.05, 4.69) is 16.2 Å². The van der Waals surface area contributed by atoms with Crippen LogP contribution in [0.3, 0.4) is 0 Å². The first-order chi connectivity index (χ1) is 14.8. The number of aromatic amines is 1. The van der Waals surface area contributed by atoms with Crippen molar-refractivity contribution >= 4 is 11.6 Å². The van der Waals surface area contributed by atoms with E-state index in [0.717, 1.165) is 24.8 Å². The van der Waals surface area contributed by atoms with Crippen molar-refractivity contribution in [1.29, 1.82) is 5.26 Å². The van der Waals surface area contributed by atoms with Crippen molar-refractivity contribution in [1.82, 2.24) is 19.5 Å². The number of nitrogens with one attached hydrogen (secondary N) is 1. The van der Waals surface area contributed by atoms with Gasteiger partial charge in [-0.25, -0.2) is 9.31 Å². The molecule has 1 N–H and O–H groups in total. The maximum absolute atomic E-state index is 13.0. The summed E-state index contributed by atoms with van der Waals surface area (Å²) in [6.45, 7) is 6.10. The zero-order chi connectivity index (χ0) is 22.2. The van der Waals surface area contributed by atoms with Crippen molar-refractivity contribution in [2.75, 3.05) is 6.54 Å². The predicted molar refractivity (Wildman–Crippen MR) is 115 cm³/mol. The van der Waals surface area contributed by atoms with E-state index in [1.165, 1.54) is 0 Å². The Morgan fingerprint density at radius 2 is 2.00 bits per heavy atom. The highest BCUT2D eigenvalue weighted by Gasteiger charge is 2.32. The molecule has 8 nitrogen and oxygen atoms in total. The monoisotopic (exact) mass is 419 g/mol. The summed E-state index contributed by atoms with van der Waals surface area (Å²) in [5.74, 6) is 0. The van der Waals surface area contributed by atoms with Gasteiger partial charge in [0.25, 0.3) is 5.56 Å². The Morgan fingerprint density at radius 1 is 1.26 bits per heavy atom. The average Bonchev–Trinajstić information content (AvgIpc) is 3.17. The van der Waals surface area contributed by atoms with E-state index in [9.17, 15) is 9.59 Å². The molecule has 1 amide bonds. The highest BCUT2D eigenvalue weighted by atomic mass is 16.6. The lowest BCUT2D eigenvalue weighted by molar-refractivity contribution is 0.00892. The topological polar surface area (TPSA) is 103 Å². The van der Waals surface area contributed by atoms with Crippen LogP contribution in [-0.4, -0.2) is 37.7 Å². The van der Waals surface area contributed by atoms with Crippen LogP contribution in [0.1, 0.15) is 57.3 Å². The van der Waals surface area contributed by atoms with Gasteiger partial charge in [-0.1, -0.05) is 12.1 Å². The number of carbonyl (C=O) groups is 1. The van der Waals surface area contributed by atoms with E-state index in [1.54, 1.807) is 46.1 Å². The molecule has 31 heavy (non-hydrogen) atoms. The third-order valence-corrected chi connectivity index (χ3v) is 5.34. The van der Waals surface area contributed by atoms with Crippen molar-refractivity contribution in [2.24, 2.45) is 0 Å². The molecule has 1 aromatic carbocycles. The molecule has 1 fully saturated rings. The Labute approximate surface area is 180 Å². The summed E-state index contributed by atoms with van der Waals surface area (Å²) in [5, 5.41) is 13.4. The number of H-pyrrole nitrogens is 1. The molecule has 1 unspecified atom stereocenters. The van der Waals surface area contributed by atoms with Gasteiger partial charge in [0.1, 0.15) is 11.1 Å². The first-order valence-electron chi connectivity index (χ1n) is 10.4. The first-order valence-corrected chi connectivity index (χ1v) is 10.4. The maximum atomic E-state index is 13.0. The molecular formula is C23H25N5O3. The second-order valence-electron chi connectivity index (χ2n) is 8.76. The van der Waals surface area contributed by atoms with Gasteiger partial charge in [0.15, 0.2) is 0 Å². The van der Waals surface area contributed by atoms with Crippen LogP contribution in [0.25, 0.3) is 16.6 Å². The molecule has 8 heteroatoms. The van der Waals surface area contributed by atoms with E-state index in [-0.39, 0.29) is 17.7 Å². The predicted octanol–water partition coefficient (Wildman–Crippen LogP) is 4.02. The lowest BCUT2D eigenvalue weighted by atomic mass is 10.00. The van der Waals surface area contributed by atoms with Gasteiger partial charge in [-0.15, -0.1) is 0 Å².